The van der Waals surface area contributed by atoms with Crippen molar-refractivity contribution in [1.82, 2.24) is 4.98 Å². The van der Waals surface area contributed by atoms with E-state index >= 15 is 0 Å². The van der Waals surface area contributed by atoms with Gasteiger partial charge in [0.1, 0.15) is 5.75 Å². The molecule has 0 saturated carbocycles. The van der Waals surface area contributed by atoms with Gasteiger partial charge in [0.15, 0.2) is 9.12 Å². The number of rotatable bonds is 3. The summed E-state index contributed by atoms with van der Waals surface area (Å²) in [6.45, 7) is 4.62. The fourth-order valence-corrected chi connectivity index (χ4v) is 3.74. The number of aliphatic hydroxyl groups is 1. The maximum atomic E-state index is 10.7. The number of aliphatic imine (C=N–C) groups is 1. The highest BCUT2D eigenvalue weighted by atomic mass is 32.2. The maximum absolute atomic E-state index is 10.7. The van der Waals surface area contributed by atoms with Gasteiger partial charge in [-0.1, -0.05) is 18.7 Å². The minimum atomic E-state index is -0.0833. The largest absolute Gasteiger partial charge is 0.494 e. The van der Waals surface area contributed by atoms with E-state index < -0.39 is 0 Å². The number of amidine groups is 1. The second-order valence-electron chi connectivity index (χ2n) is 4.41. The van der Waals surface area contributed by atoms with Crippen LogP contribution in [0.4, 0.5) is 0 Å². The summed E-state index contributed by atoms with van der Waals surface area (Å²) in [5.41, 5.74) is 6.37. The van der Waals surface area contributed by atoms with Crippen LogP contribution in [0.15, 0.2) is 23.2 Å². The lowest BCUT2D eigenvalue weighted by molar-refractivity contribution is -0.117. The number of H-pyrrole nitrogens is 1. The molecule has 2 aromatic rings. The molecule has 24 heavy (non-hydrogen) atoms. The van der Waals surface area contributed by atoms with Crippen molar-refractivity contribution in [2.45, 2.75) is 25.5 Å². The van der Waals surface area contributed by atoms with Gasteiger partial charge in [0, 0.05) is 7.11 Å². The van der Waals surface area contributed by atoms with Crippen molar-refractivity contribution in [3.8, 4) is 5.75 Å². The minimum absolute atomic E-state index is 0.00926. The first kappa shape index (κ1) is 20.6. The number of amides is 1. The van der Waals surface area contributed by atoms with Crippen LogP contribution in [0.3, 0.4) is 0 Å². The molecule has 0 spiro atoms. The number of nitrogens with one attached hydrogen (secondary N) is 1. The Labute approximate surface area is 154 Å². The molecule has 2 heterocycles. The molecule has 4 N–H and O–H groups in total. The molecule has 1 atom stereocenters. The number of nitrogens with zero attached hydrogens (tertiary/aromatic N) is 1. The molecule has 1 aromatic carbocycles. The van der Waals surface area contributed by atoms with E-state index in [-0.39, 0.29) is 11.2 Å². The first-order valence-electron chi connectivity index (χ1n) is 7.28. The van der Waals surface area contributed by atoms with E-state index in [9.17, 15) is 4.79 Å². The third-order valence-electron chi connectivity index (χ3n) is 2.83. The molecular weight excluding hydrogens is 366 g/mol. The number of hydrogen-bond acceptors (Lipinski definition) is 7. The van der Waals surface area contributed by atoms with E-state index in [4.69, 9.17) is 27.8 Å². The maximum Gasteiger partial charge on any atom is 0.261 e. The number of nitrogens with two attached hydrogens (primary N) is 1. The number of aromatic amines is 1. The van der Waals surface area contributed by atoms with Crippen molar-refractivity contribution in [2.24, 2.45) is 10.7 Å². The van der Waals surface area contributed by atoms with Crippen molar-refractivity contribution in [2.75, 3.05) is 13.7 Å². The number of ether oxygens (including phenoxy) is 1. The van der Waals surface area contributed by atoms with Gasteiger partial charge in [-0.2, -0.15) is 4.99 Å². The van der Waals surface area contributed by atoms with Gasteiger partial charge in [0.2, 0.25) is 0 Å². The van der Waals surface area contributed by atoms with Gasteiger partial charge in [0.25, 0.3) is 5.91 Å². The molecule has 0 fully saturated rings. The Hall–Kier alpha value is -1.42. The molecule has 132 valence electrons. The smallest absolute Gasteiger partial charge is 0.261 e. The lowest BCUT2D eigenvalue weighted by Crippen LogP contribution is -2.08. The van der Waals surface area contributed by atoms with Crippen molar-refractivity contribution >= 4 is 56.6 Å². The molecule has 1 aliphatic heterocycles. The first-order chi connectivity index (χ1) is 11.5. The Morgan fingerprint density at radius 2 is 2.12 bits per heavy atom. The first-order valence-corrected chi connectivity index (χ1v) is 9.39. The zero-order chi connectivity index (χ0) is 18.1. The molecule has 9 heteroatoms. The zero-order valence-corrected chi connectivity index (χ0v) is 16.2. The van der Waals surface area contributed by atoms with Crippen molar-refractivity contribution in [3.05, 3.63) is 22.2 Å². The lowest BCUT2D eigenvalue weighted by Gasteiger charge is -2.00. The van der Waals surface area contributed by atoms with Gasteiger partial charge < -0.3 is 20.6 Å². The van der Waals surface area contributed by atoms with Crippen molar-refractivity contribution in [3.63, 3.8) is 0 Å². The molecule has 1 aromatic heterocycles. The Bertz CT molecular complexity index is 755. The Morgan fingerprint density at radius 3 is 2.62 bits per heavy atom. The second kappa shape index (κ2) is 10.4. The topological polar surface area (TPSA) is 101 Å². The van der Waals surface area contributed by atoms with E-state index in [0.29, 0.717) is 11.8 Å². The summed E-state index contributed by atoms with van der Waals surface area (Å²) in [6, 6.07) is 5.95. The molecule has 0 bridgehead atoms. The lowest BCUT2D eigenvalue weighted by atomic mass is 10.3. The van der Waals surface area contributed by atoms with E-state index in [1.54, 1.807) is 11.3 Å². The highest BCUT2D eigenvalue weighted by Gasteiger charge is 2.24. The normalized spacial score (nSPS) is 15.9. The van der Waals surface area contributed by atoms with Crippen LogP contribution in [0.1, 0.15) is 20.3 Å². The van der Waals surface area contributed by atoms with Gasteiger partial charge in [-0.15, -0.1) is 11.3 Å². The molecular formula is C15H21N3O3S3. The standard InChI is InChI=1S/C9H9NOS2.C5H8N2OS.CH4O/c1-2-11-6-3-4-7-8(5-6)13-9(12)10-7;1-2-3-4(8)7-5(6)9-3;1-2/h3-5H,2H2,1H3,(H,10,12);3H,2H2,1H3,(H2,6,7,8);2H,1H3. The number of hydrogen-bond donors (Lipinski definition) is 3. The SMILES string of the molecule is CCC1SC(N)=NC1=O.CCOc1ccc2[nH]c(=S)sc2c1.CO. The average molecular weight is 388 g/mol. The third-order valence-corrected chi connectivity index (χ3v) is 5.18. The molecule has 0 aliphatic carbocycles. The number of thiazole rings is 1. The van der Waals surface area contributed by atoms with Crippen LogP contribution in [0.5, 0.6) is 5.75 Å². The monoisotopic (exact) mass is 387 g/mol. The predicted octanol–water partition coefficient (Wildman–Crippen LogP) is 3.32. The summed E-state index contributed by atoms with van der Waals surface area (Å²) in [5.74, 6) is 0.820. The van der Waals surface area contributed by atoms with Crippen molar-refractivity contribution < 1.29 is 14.6 Å². The number of benzene rings is 1. The van der Waals surface area contributed by atoms with E-state index in [1.807, 2.05) is 32.0 Å². The summed E-state index contributed by atoms with van der Waals surface area (Å²) < 4.78 is 7.34. The summed E-state index contributed by atoms with van der Waals surface area (Å²) in [6.07, 6.45) is 0.813. The average Bonchev–Trinajstić information content (AvgIpc) is 3.10. The van der Waals surface area contributed by atoms with Crippen LogP contribution < -0.4 is 10.5 Å². The van der Waals surface area contributed by atoms with Crippen molar-refractivity contribution in [1.29, 1.82) is 0 Å². The van der Waals surface area contributed by atoms with Gasteiger partial charge in [-0.3, -0.25) is 4.79 Å². The van der Waals surface area contributed by atoms with Crippen LogP contribution in [-0.2, 0) is 4.79 Å². The van der Waals surface area contributed by atoms with Gasteiger partial charge in [0.05, 0.1) is 22.1 Å². The highest BCUT2D eigenvalue weighted by molar-refractivity contribution is 8.15. The van der Waals surface area contributed by atoms with Crippen LogP contribution in [-0.4, -0.2) is 40.1 Å². The quantitative estimate of drug-likeness (QED) is 0.699. The third kappa shape index (κ3) is 5.90. The van der Waals surface area contributed by atoms with Gasteiger partial charge >= 0.3 is 0 Å². The fraction of sp³-hybridized carbons (Fsp3) is 0.400. The zero-order valence-electron chi connectivity index (χ0n) is 13.7. The summed E-state index contributed by atoms with van der Waals surface area (Å²) in [4.78, 5) is 17.4. The van der Waals surface area contributed by atoms with Crippen LogP contribution >= 0.6 is 35.3 Å². The molecule has 0 saturated heterocycles. The number of aromatic nitrogens is 1. The Balaban J connectivity index is 0.000000230. The van der Waals surface area contributed by atoms with Gasteiger partial charge in [-0.25, -0.2) is 0 Å². The Morgan fingerprint density at radius 1 is 1.42 bits per heavy atom. The number of carbonyl (C=O) groups excluding carboxylic acids is 1. The molecule has 3 rings (SSSR count). The predicted molar refractivity (Wildman–Crippen MR) is 105 cm³/mol. The molecule has 6 nitrogen and oxygen atoms in total. The molecule has 1 aliphatic rings. The number of carbonyl (C=O) groups is 1. The van der Waals surface area contributed by atoms with Crippen LogP contribution in [0.25, 0.3) is 10.2 Å². The highest BCUT2D eigenvalue weighted by Crippen LogP contribution is 2.24. The fourth-order valence-electron chi connectivity index (χ4n) is 1.84. The Kier molecular flexibility index (Phi) is 8.98. The van der Waals surface area contributed by atoms with E-state index in [2.05, 4.69) is 9.98 Å². The minimum Gasteiger partial charge on any atom is -0.494 e. The molecule has 1 unspecified atom stereocenters. The summed E-state index contributed by atoms with van der Waals surface area (Å²) in [5, 5.41) is 7.40. The number of aliphatic hydroxyl groups excluding tert-OH is 1. The molecule has 1 amide bonds. The van der Waals surface area contributed by atoms with Crippen LogP contribution in [0, 0.1) is 3.95 Å². The summed E-state index contributed by atoms with van der Waals surface area (Å²) in [7, 11) is 1.00. The van der Waals surface area contributed by atoms with E-state index in [1.165, 1.54) is 11.8 Å². The second-order valence-corrected chi connectivity index (χ2v) is 7.35. The number of fused-ring (bicyclic) bond motifs is 1. The molecule has 0 radical (unpaired) electrons. The van der Waals surface area contributed by atoms with Crippen LogP contribution in [0.2, 0.25) is 0 Å². The number of thioether (sulfide) groups is 1. The summed E-state index contributed by atoms with van der Waals surface area (Å²) >= 11 is 7.97. The van der Waals surface area contributed by atoms with E-state index in [0.717, 1.165) is 33.5 Å². The van der Waals surface area contributed by atoms with Gasteiger partial charge in [-0.05, 0) is 43.8 Å².